The first-order chi connectivity index (χ1) is 9.33. The molecule has 2 aliphatic heterocycles. The summed E-state index contributed by atoms with van der Waals surface area (Å²) in [5.74, 6) is 0.0324. The summed E-state index contributed by atoms with van der Waals surface area (Å²) in [4.78, 5) is 39.1. The summed E-state index contributed by atoms with van der Waals surface area (Å²) >= 11 is 0. The Labute approximate surface area is 119 Å². The van der Waals surface area contributed by atoms with Crippen molar-refractivity contribution in [3.05, 3.63) is 0 Å². The fourth-order valence-electron chi connectivity index (χ4n) is 3.06. The maximum absolute atomic E-state index is 12.3. The van der Waals surface area contributed by atoms with Crippen molar-refractivity contribution in [3.8, 4) is 0 Å². The predicted molar refractivity (Wildman–Crippen MR) is 73.7 cm³/mol. The van der Waals surface area contributed by atoms with Crippen LogP contribution < -0.4 is 5.32 Å². The molecular weight excluding hydrogens is 258 g/mol. The average Bonchev–Trinajstić information content (AvgIpc) is 2.61. The van der Waals surface area contributed by atoms with E-state index in [1.54, 1.807) is 4.90 Å². The van der Waals surface area contributed by atoms with Crippen LogP contribution in [0.15, 0.2) is 0 Å². The molecule has 2 saturated heterocycles. The summed E-state index contributed by atoms with van der Waals surface area (Å²) in [6, 6.07) is 0. The Balaban J connectivity index is 2.22. The van der Waals surface area contributed by atoms with Gasteiger partial charge in [0, 0.05) is 57.4 Å². The van der Waals surface area contributed by atoms with Crippen molar-refractivity contribution in [2.75, 3.05) is 32.7 Å². The molecule has 2 fully saturated rings. The average molecular weight is 281 g/mol. The first kappa shape index (κ1) is 14.8. The Morgan fingerprint density at radius 1 is 1.20 bits per heavy atom. The van der Waals surface area contributed by atoms with E-state index in [0.717, 1.165) is 0 Å². The van der Waals surface area contributed by atoms with Crippen LogP contribution in [-0.4, -0.2) is 60.2 Å². The lowest BCUT2D eigenvalue weighted by Gasteiger charge is -2.32. The monoisotopic (exact) mass is 281 g/mol. The van der Waals surface area contributed by atoms with Crippen molar-refractivity contribution in [2.45, 2.75) is 27.2 Å². The highest BCUT2D eigenvalue weighted by Gasteiger charge is 2.44. The van der Waals surface area contributed by atoms with Crippen molar-refractivity contribution in [2.24, 2.45) is 11.3 Å². The highest BCUT2D eigenvalue weighted by Crippen LogP contribution is 2.31. The standard InChI is InChI=1S/C14H23N3O3/c1-10(2)13(20)17-5-4-16(11(3)18)8-14(9-17)6-12(19)15-7-14/h10H,4-9H2,1-3H3,(H,15,19)/t14-/m1/s1. The van der Waals surface area contributed by atoms with E-state index < -0.39 is 0 Å². The van der Waals surface area contributed by atoms with Gasteiger partial charge in [-0.2, -0.15) is 0 Å². The van der Waals surface area contributed by atoms with Crippen LogP contribution in [0.3, 0.4) is 0 Å². The molecule has 1 atom stereocenters. The topological polar surface area (TPSA) is 69.7 Å². The lowest BCUT2D eigenvalue weighted by molar-refractivity contribution is -0.135. The van der Waals surface area contributed by atoms with Crippen LogP contribution in [0.2, 0.25) is 0 Å². The summed E-state index contributed by atoms with van der Waals surface area (Å²) in [5, 5.41) is 2.84. The van der Waals surface area contributed by atoms with E-state index in [1.807, 2.05) is 18.7 Å². The summed E-state index contributed by atoms with van der Waals surface area (Å²) in [6.07, 6.45) is 0.388. The molecule has 6 heteroatoms. The summed E-state index contributed by atoms with van der Waals surface area (Å²) < 4.78 is 0. The number of carbonyl (C=O) groups is 3. The molecule has 0 radical (unpaired) electrons. The predicted octanol–water partition coefficient (Wildman–Crippen LogP) is -0.161. The smallest absolute Gasteiger partial charge is 0.225 e. The van der Waals surface area contributed by atoms with Crippen LogP contribution >= 0.6 is 0 Å². The van der Waals surface area contributed by atoms with Crippen LogP contribution in [0.5, 0.6) is 0 Å². The molecule has 1 N–H and O–H groups in total. The number of rotatable bonds is 1. The van der Waals surface area contributed by atoms with Gasteiger partial charge in [-0.3, -0.25) is 14.4 Å². The maximum Gasteiger partial charge on any atom is 0.225 e. The molecule has 0 bridgehead atoms. The zero-order chi connectivity index (χ0) is 14.9. The highest BCUT2D eigenvalue weighted by molar-refractivity contribution is 5.81. The molecule has 2 heterocycles. The fraction of sp³-hybridized carbons (Fsp3) is 0.786. The van der Waals surface area contributed by atoms with Gasteiger partial charge in [-0.1, -0.05) is 13.8 Å². The van der Waals surface area contributed by atoms with E-state index in [2.05, 4.69) is 5.32 Å². The summed E-state index contributed by atoms with van der Waals surface area (Å²) in [7, 11) is 0. The van der Waals surface area contributed by atoms with Crippen LogP contribution in [0.4, 0.5) is 0 Å². The van der Waals surface area contributed by atoms with Crippen molar-refractivity contribution in [3.63, 3.8) is 0 Å². The first-order valence-electron chi connectivity index (χ1n) is 7.14. The Kier molecular flexibility index (Phi) is 4.01. The Morgan fingerprint density at radius 2 is 1.80 bits per heavy atom. The molecule has 20 heavy (non-hydrogen) atoms. The first-order valence-corrected chi connectivity index (χ1v) is 7.14. The van der Waals surface area contributed by atoms with E-state index in [9.17, 15) is 14.4 Å². The highest BCUT2D eigenvalue weighted by atomic mass is 16.2. The van der Waals surface area contributed by atoms with Crippen molar-refractivity contribution < 1.29 is 14.4 Å². The van der Waals surface area contributed by atoms with Gasteiger partial charge in [0.1, 0.15) is 0 Å². The SMILES string of the molecule is CC(=O)N1CCN(C(=O)C(C)C)C[C@]2(CNC(=O)C2)C1. The van der Waals surface area contributed by atoms with Crippen molar-refractivity contribution >= 4 is 17.7 Å². The van der Waals surface area contributed by atoms with Gasteiger partial charge < -0.3 is 15.1 Å². The third kappa shape index (κ3) is 2.94. The van der Waals surface area contributed by atoms with Crippen LogP contribution in [0.25, 0.3) is 0 Å². The molecular formula is C14H23N3O3. The van der Waals surface area contributed by atoms with Crippen LogP contribution in [0, 0.1) is 11.3 Å². The number of nitrogens with one attached hydrogen (secondary N) is 1. The molecule has 0 aromatic carbocycles. The molecule has 3 amide bonds. The maximum atomic E-state index is 12.3. The van der Waals surface area contributed by atoms with E-state index >= 15 is 0 Å². The number of hydrogen-bond acceptors (Lipinski definition) is 3. The second-order valence-electron chi connectivity index (χ2n) is 6.31. The largest absolute Gasteiger partial charge is 0.355 e. The summed E-state index contributed by atoms with van der Waals surface area (Å²) in [5.41, 5.74) is -0.330. The van der Waals surface area contributed by atoms with Gasteiger partial charge in [-0.15, -0.1) is 0 Å². The Bertz CT molecular complexity index is 435. The van der Waals surface area contributed by atoms with Crippen LogP contribution in [-0.2, 0) is 14.4 Å². The minimum absolute atomic E-state index is 0.00238. The Morgan fingerprint density at radius 3 is 2.30 bits per heavy atom. The minimum Gasteiger partial charge on any atom is -0.355 e. The van der Waals surface area contributed by atoms with E-state index in [0.29, 0.717) is 39.1 Å². The number of hydrogen-bond donors (Lipinski definition) is 1. The third-order valence-electron chi connectivity index (χ3n) is 4.14. The Hall–Kier alpha value is -1.59. The van der Waals surface area contributed by atoms with E-state index in [-0.39, 0.29) is 29.1 Å². The van der Waals surface area contributed by atoms with Gasteiger partial charge in [0.05, 0.1) is 0 Å². The second kappa shape index (κ2) is 5.42. The number of nitrogens with zero attached hydrogens (tertiary/aromatic N) is 2. The van der Waals surface area contributed by atoms with Gasteiger partial charge in [-0.25, -0.2) is 0 Å². The van der Waals surface area contributed by atoms with Gasteiger partial charge >= 0.3 is 0 Å². The molecule has 0 aromatic heterocycles. The summed E-state index contributed by atoms with van der Waals surface area (Å²) in [6.45, 7) is 8.02. The lowest BCUT2D eigenvalue weighted by Crippen LogP contribution is -2.45. The molecule has 1 spiro atoms. The minimum atomic E-state index is -0.330. The zero-order valence-electron chi connectivity index (χ0n) is 12.4. The molecule has 2 aliphatic rings. The van der Waals surface area contributed by atoms with E-state index in [1.165, 1.54) is 6.92 Å². The van der Waals surface area contributed by atoms with Gasteiger partial charge in [0.15, 0.2) is 0 Å². The van der Waals surface area contributed by atoms with Crippen LogP contribution in [0.1, 0.15) is 27.2 Å². The second-order valence-corrected chi connectivity index (χ2v) is 6.31. The fourth-order valence-corrected chi connectivity index (χ4v) is 3.06. The molecule has 2 rings (SSSR count). The molecule has 0 aliphatic carbocycles. The normalized spacial score (nSPS) is 26.9. The molecule has 0 aromatic rings. The molecule has 112 valence electrons. The molecule has 0 saturated carbocycles. The third-order valence-corrected chi connectivity index (χ3v) is 4.14. The van der Waals surface area contributed by atoms with Gasteiger partial charge in [0.2, 0.25) is 17.7 Å². The lowest BCUT2D eigenvalue weighted by atomic mass is 9.85. The molecule has 6 nitrogen and oxygen atoms in total. The van der Waals surface area contributed by atoms with Crippen molar-refractivity contribution in [1.29, 1.82) is 0 Å². The quantitative estimate of drug-likeness (QED) is 0.726. The number of carbonyl (C=O) groups excluding carboxylic acids is 3. The van der Waals surface area contributed by atoms with Gasteiger partial charge in [-0.05, 0) is 0 Å². The number of amides is 3. The van der Waals surface area contributed by atoms with Gasteiger partial charge in [0.25, 0.3) is 0 Å². The molecule has 0 unspecified atom stereocenters. The van der Waals surface area contributed by atoms with Crippen molar-refractivity contribution in [1.82, 2.24) is 15.1 Å². The van der Waals surface area contributed by atoms with E-state index in [4.69, 9.17) is 0 Å². The zero-order valence-corrected chi connectivity index (χ0v) is 12.4.